The van der Waals surface area contributed by atoms with Crippen LogP contribution < -0.4 is 0 Å². The molecule has 0 radical (unpaired) electrons. The van der Waals surface area contributed by atoms with E-state index >= 15 is 0 Å². The molecular formula is C14H13N3O2S. The molecule has 0 aromatic carbocycles. The van der Waals surface area contributed by atoms with Gasteiger partial charge in [-0.2, -0.15) is 15.8 Å². The Bertz CT molecular complexity index is 583. The molecule has 0 aromatic heterocycles. The van der Waals surface area contributed by atoms with Gasteiger partial charge in [-0.05, 0) is 31.1 Å². The van der Waals surface area contributed by atoms with Crippen LogP contribution in [0.2, 0.25) is 0 Å². The van der Waals surface area contributed by atoms with E-state index in [2.05, 4.69) is 4.74 Å². The van der Waals surface area contributed by atoms with Crippen molar-refractivity contribution in [3.63, 3.8) is 0 Å². The van der Waals surface area contributed by atoms with Crippen LogP contribution in [0.3, 0.4) is 0 Å². The molecule has 0 aliphatic heterocycles. The Kier molecular flexibility index (Phi) is 5.84. The summed E-state index contributed by atoms with van der Waals surface area (Å²) in [6.45, 7) is 0. The third kappa shape index (κ3) is 3.02. The predicted molar refractivity (Wildman–Crippen MR) is 73.8 cm³/mol. The molecule has 1 rings (SSSR count). The molecule has 1 atom stereocenters. The number of ether oxygens (including phenoxy) is 1. The molecule has 20 heavy (non-hydrogen) atoms. The first-order valence-corrected chi connectivity index (χ1v) is 7.16. The number of allylic oxidation sites excluding steroid dienone is 3. The van der Waals surface area contributed by atoms with E-state index in [1.807, 2.05) is 18.2 Å². The monoisotopic (exact) mass is 287 g/mol. The summed E-state index contributed by atoms with van der Waals surface area (Å²) in [5.74, 6) is -0.897. The molecule has 0 N–H and O–H groups in total. The van der Waals surface area contributed by atoms with Gasteiger partial charge in [0.2, 0.25) is 0 Å². The lowest BCUT2D eigenvalue weighted by molar-refractivity contribution is -0.135. The van der Waals surface area contributed by atoms with Gasteiger partial charge in [-0.25, -0.2) is 4.79 Å². The lowest BCUT2D eigenvalue weighted by Crippen LogP contribution is -2.11. The predicted octanol–water partition coefficient (Wildman–Crippen LogP) is 2.44. The summed E-state index contributed by atoms with van der Waals surface area (Å²) >= 11 is 1.29. The van der Waals surface area contributed by atoms with Crippen LogP contribution in [0.15, 0.2) is 21.6 Å². The Morgan fingerprint density at radius 3 is 2.40 bits per heavy atom. The van der Waals surface area contributed by atoms with E-state index in [1.54, 1.807) is 6.26 Å². The van der Waals surface area contributed by atoms with E-state index in [9.17, 15) is 4.79 Å². The van der Waals surface area contributed by atoms with Crippen molar-refractivity contribution in [1.29, 1.82) is 15.8 Å². The Morgan fingerprint density at radius 2 is 1.95 bits per heavy atom. The van der Waals surface area contributed by atoms with Crippen molar-refractivity contribution < 1.29 is 9.53 Å². The fourth-order valence-electron chi connectivity index (χ4n) is 2.32. The van der Waals surface area contributed by atoms with E-state index < -0.39 is 5.97 Å². The van der Waals surface area contributed by atoms with Crippen LogP contribution in [0.4, 0.5) is 0 Å². The molecular weight excluding hydrogens is 274 g/mol. The number of carbonyl (C=O) groups is 1. The molecule has 1 aliphatic rings. The molecule has 6 heteroatoms. The van der Waals surface area contributed by atoms with Gasteiger partial charge in [0.15, 0.2) is 0 Å². The highest BCUT2D eigenvalue weighted by molar-refractivity contribution is 8.02. The first-order valence-electron chi connectivity index (χ1n) is 5.94. The van der Waals surface area contributed by atoms with Crippen molar-refractivity contribution in [2.24, 2.45) is 5.92 Å². The van der Waals surface area contributed by atoms with E-state index in [4.69, 9.17) is 15.8 Å². The number of hydrogen-bond donors (Lipinski definition) is 0. The molecule has 102 valence electrons. The Labute approximate surface area is 122 Å². The molecule has 0 aromatic rings. The van der Waals surface area contributed by atoms with Crippen molar-refractivity contribution in [3.05, 3.63) is 21.6 Å². The largest absolute Gasteiger partial charge is 0.465 e. The van der Waals surface area contributed by atoms with Gasteiger partial charge in [-0.15, -0.1) is 11.8 Å². The summed E-state index contributed by atoms with van der Waals surface area (Å²) in [4.78, 5) is 12.2. The summed E-state index contributed by atoms with van der Waals surface area (Å²) in [6.07, 6.45) is 3.96. The number of thioether (sulfide) groups is 1. The zero-order valence-corrected chi connectivity index (χ0v) is 12.1. The van der Waals surface area contributed by atoms with Crippen molar-refractivity contribution in [1.82, 2.24) is 0 Å². The van der Waals surface area contributed by atoms with Crippen molar-refractivity contribution in [3.8, 4) is 18.2 Å². The molecule has 0 heterocycles. The summed E-state index contributed by atoms with van der Waals surface area (Å²) in [5, 5.41) is 27.2. The summed E-state index contributed by atoms with van der Waals surface area (Å²) in [6, 6.07) is 5.65. The number of hydrogen-bond acceptors (Lipinski definition) is 6. The number of nitrogens with zero attached hydrogens (tertiary/aromatic N) is 3. The van der Waals surface area contributed by atoms with Gasteiger partial charge >= 0.3 is 5.97 Å². The third-order valence-electron chi connectivity index (χ3n) is 3.19. The molecule has 5 nitrogen and oxygen atoms in total. The van der Waals surface area contributed by atoms with E-state index in [-0.39, 0.29) is 17.1 Å². The average Bonchev–Trinajstić information content (AvgIpc) is 2.94. The molecule has 1 saturated carbocycles. The maximum atomic E-state index is 11.7. The molecule has 0 unspecified atom stereocenters. The summed E-state index contributed by atoms with van der Waals surface area (Å²) in [5.41, 5.74) is 0.761. The first-order chi connectivity index (χ1) is 9.64. The van der Waals surface area contributed by atoms with Crippen LogP contribution in [-0.4, -0.2) is 19.3 Å². The van der Waals surface area contributed by atoms with Gasteiger partial charge in [-0.3, -0.25) is 0 Å². The number of rotatable bonds is 3. The van der Waals surface area contributed by atoms with Gasteiger partial charge < -0.3 is 4.74 Å². The summed E-state index contributed by atoms with van der Waals surface area (Å²) < 4.78 is 4.62. The smallest absolute Gasteiger partial charge is 0.349 e. The van der Waals surface area contributed by atoms with E-state index in [1.165, 1.54) is 18.9 Å². The fraction of sp³-hybridized carbons (Fsp3) is 0.429. The van der Waals surface area contributed by atoms with Crippen molar-refractivity contribution in [2.45, 2.75) is 19.3 Å². The highest BCUT2D eigenvalue weighted by atomic mass is 32.2. The Balaban J connectivity index is 3.40. The maximum absolute atomic E-state index is 11.7. The second-order valence-electron chi connectivity index (χ2n) is 4.12. The highest BCUT2D eigenvalue weighted by Crippen LogP contribution is 2.43. The van der Waals surface area contributed by atoms with Crippen LogP contribution in [0, 0.1) is 39.9 Å². The topological polar surface area (TPSA) is 97.7 Å². The third-order valence-corrected chi connectivity index (χ3v) is 4.12. The highest BCUT2D eigenvalue weighted by Gasteiger charge is 2.31. The normalized spacial score (nSPS) is 18.4. The molecule has 0 amide bonds. The van der Waals surface area contributed by atoms with Gasteiger partial charge in [0.25, 0.3) is 0 Å². The van der Waals surface area contributed by atoms with E-state index in [0.29, 0.717) is 11.3 Å². The lowest BCUT2D eigenvalue weighted by atomic mass is 9.95. The zero-order valence-electron chi connectivity index (χ0n) is 11.3. The number of nitriles is 3. The Morgan fingerprint density at radius 1 is 1.30 bits per heavy atom. The molecule has 1 aliphatic carbocycles. The Hall–Kier alpha value is -2.23. The van der Waals surface area contributed by atoms with Gasteiger partial charge in [0.1, 0.15) is 29.4 Å². The first kappa shape index (κ1) is 15.8. The van der Waals surface area contributed by atoms with Crippen molar-refractivity contribution >= 4 is 17.7 Å². The van der Waals surface area contributed by atoms with Gasteiger partial charge in [-0.1, -0.05) is 0 Å². The zero-order chi connectivity index (χ0) is 15.1. The minimum atomic E-state index is -0.682. The number of methoxy groups -OCH3 is 1. The van der Waals surface area contributed by atoms with Crippen molar-refractivity contribution in [2.75, 3.05) is 13.4 Å². The number of esters is 1. The van der Waals surface area contributed by atoms with Crippen LogP contribution in [0.25, 0.3) is 0 Å². The second kappa shape index (κ2) is 7.38. The maximum Gasteiger partial charge on any atom is 0.349 e. The van der Waals surface area contributed by atoms with E-state index in [0.717, 1.165) is 18.4 Å². The van der Waals surface area contributed by atoms with Crippen LogP contribution >= 0.6 is 11.8 Å². The molecule has 1 fully saturated rings. The van der Waals surface area contributed by atoms with Gasteiger partial charge in [0.05, 0.1) is 7.11 Å². The number of carbonyl (C=O) groups excluding carboxylic acids is 1. The van der Waals surface area contributed by atoms with Crippen LogP contribution in [0.1, 0.15) is 19.3 Å². The standard InChI is InChI=1S/C14H13N3O2S/c1-19-14(18)12(8-17)13(20-2)11-5-3-4-10(11)9(6-15)7-16/h11H,3-5H2,1-2H3/b13-12+/t11-/m1/s1. The average molecular weight is 287 g/mol. The second-order valence-corrected chi connectivity index (χ2v) is 4.96. The molecule has 0 saturated heterocycles. The van der Waals surface area contributed by atoms with Gasteiger partial charge in [0, 0.05) is 10.8 Å². The quantitative estimate of drug-likeness (QED) is 0.449. The summed E-state index contributed by atoms with van der Waals surface area (Å²) in [7, 11) is 1.22. The molecule has 0 spiro atoms. The SMILES string of the molecule is COC(=O)/C(C#N)=C(/SC)[C@@H]1CCCC1=C(C#N)C#N. The minimum absolute atomic E-state index is 0.0420. The van der Waals surface area contributed by atoms with Crippen LogP contribution in [-0.2, 0) is 9.53 Å². The minimum Gasteiger partial charge on any atom is -0.465 e. The van der Waals surface area contributed by atoms with Crippen LogP contribution in [0.5, 0.6) is 0 Å². The molecule has 0 bridgehead atoms. The fourth-order valence-corrected chi connectivity index (χ4v) is 3.20. The lowest BCUT2D eigenvalue weighted by Gasteiger charge is -2.16.